The summed E-state index contributed by atoms with van der Waals surface area (Å²) in [4.78, 5) is 0. The van der Waals surface area contributed by atoms with E-state index in [0.29, 0.717) is 5.69 Å². The normalized spacial score (nSPS) is 11.3. The van der Waals surface area contributed by atoms with Gasteiger partial charge in [0.1, 0.15) is 5.82 Å². The van der Waals surface area contributed by atoms with Gasteiger partial charge in [0.25, 0.3) is 0 Å². The standard InChI is InChI=1S/C15H16FNO2S/c1-11-7-8-15(12(2)9-11)17-20(18,19)10-13-5-3-4-6-14(13)16/h3-9,17H,10H2,1-2H3. The number of halogens is 1. The average molecular weight is 293 g/mol. The van der Waals surface area contributed by atoms with Gasteiger partial charge in [0.05, 0.1) is 11.4 Å². The summed E-state index contributed by atoms with van der Waals surface area (Å²) in [6, 6.07) is 11.3. The highest BCUT2D eigenvalue weighted by atomic mass is 32.2. The fourth-order valence-corrected chi connectivity index (χ4v) is 3.23. The second-order valence-electron chi connectivity index (χ2n) is 4.77. The van der Waals surface area contributed by atoms with Crippen molar-refractivity contribution in [2.75, 3.05) is 4.72 Å². The van der Waals surface area contributed by atoms with Gasteiger partial charge in [0, 0.05) is 5.56 Å². The lowest BCUT2D eigenvalue weighted by atomic mass is 10.1. The van der Waals surface area contributed by atoms with Crippen molar-refractivity contribution in [3.8, 4) is 0 Å². The second-order valence-corrected chi connectivity index (χ2v) is 6.49. The van der Waals surface area contributed by atoms with Crippen LogP contribution in [-0.2, 0) is 15.8 Å². The Morgan fingerprint density at radius 3 is 2.45 bits per heavy atom. The highest BCUT2D eigenvalue weighted by Gasteiger charge is 2.15. The van der Waals surface area contributed by atoms with E-state index in [1.165, 1.54) is 18.2 Å². The van der Waals surface area contributed by atoms with Crippen LogP contribution in [0, 0.1) is 19.7 Å². The van der Waals surface area contributed by atoms with Crippen LogP contribution in [0.5, 0.6) is 0 Å². The van der Waals surface area contributed by atoms with E-state index in [2.05, 4.69) is 4.72 Å². The molecule has 5 heteroatoms. The molecule has 2 rings (SSSR count). The van der Waals surface area contributed by atoms with Crippen LogP contribution in [0.4, 0.5) is 10.1 Å². The largest absolute Gasteiger partial charge is 0.283 e. The molecule has 2 aromatic carbocycles. The number of anilines is 1. The molecule has 0 spiro atoms. The summed E-state index contributed by atoms with van der Waals surface area (Å²) in [6.45, 7) is 3.76. The minimum Gasteiger partial charge on any atom is -0.283 e. The molecule has 3 nitrogen and oxygen atoms in total. The number of hydrogen-bond donors (Lipinski definition) is 1. The van der Waals surface area contributed by atoms with Crippen molar-refractivity contribution >= 4 is 15.7 Å². The summed E-state index contributed by atoms with van der Waals surface area (Å²) >= 11 is 0. The molecule has 2 aromatic rings. The molecule has 0 heterocycles. The van der Waals surface area contributed by atoms with Gasteiger partial charge >= 0.3 is 0 Å². The lowest BCUT2D eigenvalue weighted by Gasteiger charge is -2.11. The molecule has 0 fully saturated rings. The maximum absolute atomic E-state index is 13.5. The quantitative estimate of drug-likeness (QED) is 0.939. The number of sulfonamides is 1. The van der Waals surface area contributed by atoms with Crippen LogP contribution >= 0.6 is 0 Å². The molecule has 0 aromatic heterocycles. The molecule has 0 aliphatic heterocycles. The molecule has 0 radical (unpaired) electrons. The van der Waals surface area contributed by atoms with Crippen LogP contribution in [0.15, 0.2) is 42.5 Å². The zero-order chi connectivity index (χ0) is 14.8. The van der Waals surface area contributed by atoms with E-state index in [9.17, 15) is 12.8 Å². The number of rotatable bonds is 4. The Morgan fingerprint density at radius 1 is 1.10 bits per heavy atom. The van der Waals surface area contributed by atoms with Gasteiger partial charge < -0.3 is 0 Å². The fourth-order valence-electron chi connectivity index (χ4n) is 1.95. The van der Waals surface area contributed by atoms with Crippen LogP contribution in [0.1, 0.15) is 16.7 Å². The van der Waals surface area contributed by atoms with Crippen molar-refractivity contribution in [2.45, 2.75) is 19.6 Å². The summed E-state index contributed by atoms with van der Waals surface area (Å²) in [5.41, 5.74) is 2.57. The third kappa shape index (κ3) is 3.57. The molecule has 20 heavy (non-hydrogen) atoms. The Labute approximate surface area is 118 Å². The zero-order valence-corrected chi connectivity index (χ0v) is 12.2. The number of benzene rings is 2. The van der Waals surface area contributed by atoms with Crippen LogP contribution < -0.4 is 4.72 Å². The van der Waals surface area contributed by atoms with Crippen molar-refractivity contribution in [2.24, 2.45) is 0 Å². The Hall–Kier alpha value is -1.88. The predicted octanol–water partition coefficient (Wildman–Crippen LogP) is 3.38. The topological polar surface area (TPSA) is 46.2 Å². The number of hydrogen-bond acceptors (Lipinski definition) is 2. The first kappa shape index (κ1) is 14.5. The summed E-state index contributed by atoms with van der Waals surface area (Å²) in [5, 5.41) is 0. The van der Waals surface area contributed by atoms with Gasteiger partial charge in [-0.3, -0.25) is 4.72 Å². The zero-order valence-electron chi connectivity index (χ0n) is 11.4. The highest BCUT2D eigenvalue weighted by molar-refractivity contribution is 7.91. The lowest BCUT2D eigenvalue weighted by molar-refractivity contribution is 0.591. The van der Waals surface area contributed by atoms with Crippen molar-refractivity contribution < 1.29 is 12.8 Å². The maximum atomic E-state index is 13.5. The molecule has 1 N–H and O–H groups in total. The third-order valence-corrected chi connectivity index (χ3v) is 4.17. The van der Waals surface area contributed by atoms with Gasteiger partial charge in [-0.25, -0.2) is 12.8 Å². The van der Waals surface area contributed by atoms with E-state index >= 15 is 0 Å². The van der Waals surface area contributed by atoms with Crippen molar-refractivity contribution in [3.05, 3.63) is 65.0 Å². The molecule has 0 bridgehead atoms. The van der Waals surface area contributed by atoms with E-state index in [1.807, 2.05) is 26.0 Å². The molecule has 0 amide bonds. The first-order valence-electron chi connectivity index (χ1n) is 6.18. The molecular formula is C15H16FNO2S. The summed E-state index contributed by atoms with van der Waals surface area (Å²) in [6.07, 6.45) is 0. The van der Waals surface area contributed by atoms with E-state index in [4.69, 9.17) is 0 Å². The highest BCUT2D eigenvalue weighted by Crippen LogP contribution is 2.19. The Balaban J connectivity index is 2.22. The monoisotopic (exact) mass is 293 g/mol. The second kappa shape index (κ2) is 5.63. The molecule has 106 valence electrons. The SMILES string of the molecule is Cc1ccc(NS(=O)(=O)Cc2ccccc2F)c(C)c1. The predicted molar refractivity (Wildman–Crippen MR) is 78.6 cm³/mol. The van der Waals surface area contributed by atoms with Crippen molar-refractivity contribution in [1.29, 1.82) is 0 Å². The van der Waals surface area contributed by atoms with E-state index in [1.54, 1.807) is 12.1 Å². The first-order valence-corrected chi connectivity index (χ1v) is 7.84. The van der Waals surface area contributed by atoms with E-state index in [0.717, 1.165) is 11.1 Å². The van der Waals surface area contributed by atoms with E-state index in [-0.39, 0.29) is 11.3 Å². The lowest BCUT2D eigenvalue weighted by Crippen LogP contribution is -2.16. The van der Waals surface area contributed by atoms with Gasteiger partial charge in [-0.15, -0.1) is 0 Å². The summed E-state index contributed by atoms with van der Waals surface area (Å²) in [5.74, 6) is -0.897. The molecule has 0 saturated heterocycles. The van der Waals surface area contributed by atoms with Gasteiger partial charge in [-0.2, -0.15) is 0 Å². The number of aryl methyl sites for hydroxylation is 2. The van der Waals surface area contributed by atoms with Gasteiger partial charge in [-0.05, 0) is 31.5 Å². The molecule has 0 aliphatic carbocycles. The minimum atomic E-state index is -3.64. The minimum absolute atomic E-state index is 0.157. The van der Waals surface area contributed by atoms with E-state index < -0.39 is 15.8 Å². The summed E-state index contributed by atoms with van der Waals surface area (Å²) in [7, 11) is -3.64. The van der Waals surface area contributed by atoms with Crippen LogP contribution in [0.2, 0.25) is 0 Å². The Kier molecular flexibility index (Phi) is 4.09. The first-order chi connectivity index (χ1) is 9.37. The van der Waals surface area contributed by atoms with Crippen LogP contribution in [0.25, 0.3) is 0 Å². The molecular weight excluding hydrogens is 277 g/mol. The van der Waals surface area contributed by atoms with Crippen LogP contribution in [0.3, 0.4) is 0 Å². The average Bonchev–Trinajstić information content (AvgIpc) is 2.35. The van der Waals surface area contributed by atoms with Gasteiger partial charge in [0.15, 0.2) is 0 Å². The van der Waals surface area contributed by atoms with Crippen molar-refractivity contribution in [3.63, 3.8) is 0 Å². The van der Waals surface area contributed by atoms with Crippen LogP contribution in [-0.4, -0.2) is 8.42 Å². The Bertz CT molecular complexity index is 726. The maximum Gasteiger partial charge on any atom is 0.237 e. The summed E-state index contributed by atoms with van der Waals surface area (Å²) < 4.78 is 40.2. The molecule has 0 saturated carbocycles. The third-order valence-electron chi connectivity index (χ3n) is 2.95. The smallest absolute Gasteiger partial charge is 0.237 e. The molecule has 0 atom stereocenters. The molecule has 0 aliphatic rings. The fraction of sp³-hybridized carbons (Fsp3) is 0.200. The van der Waals surface area contributed by atoms with Crippen molar-refractivity contribution in [1.82, 2.24) is 0 Å². The van der Waals surface area contributed by atoms with Gasteiger partial charge in [-0.1, -0.05) is 35.9 Å². The Morgan fingerprint density at radius 2 is 1.80 bits per heavy atom. The molecule has 0 unspecified atom stereocenters. The van der Waals surface area contributed by atoms with Gasteiger partial charge in [0.2, 0.25) is 10.0 Å². The number of nitrogens with one attached hydrogen (secondary N) is 1.